The zero-order valence-electron chi connectivity index (χ0n) is 30.5. The summed E-state index contributed by atoms with van der Waals surface area (Å²) < 4.78 is 4.83. The molecule has 12 rings (SSSR count). The van der Waals surface area contributed by atoms with E-state index in [1.165, 1.54) is 110 Å². The van der Waals surface area contributed by atoms with Crippen LogP contribution in [-0.4, -0.2) is 9.13 Å². The van der Waals surface area contributed by atoms with Crippen LogP contribution in [0.4, 0.5) is 0 Å². The number of para-hydroxylation sites is 3. The van der Waals surface area contributed by atoms with Gasteiger partial charge in [0.15, 0.2) is 0 Å². The van der Waals surface area contributed by atoms with Crippen molar-refractivity contribution in [1.29, 1.82) is 0 Å². The summed E-state index contributed by atoms with van der Waals surface area (Å²) in [7, 11) is 0. The average Bonchev–Trinajstić information content (AvgIpc) is 3.75. The highest BCUT2D eigenvalue weighted by atomic mass is 15.0. The monoisotopic (exact) mass is 700 g/mol. The van der Waals surface area contributed by atoms with E-state index < -0.39 is 0 Å². The van der Waals surface area contributed by atoms with Gasteiger partial charge in [0, 0.05) is 33.2 Å². The lowest BCUT2D eigenvalue weighted by atomic mass is 9.87. The minimum Gasteiger partial charge on any atom is -0.310 e. The predicted octanol–water partition coefficient (Wildman–Crippen LogP) is 14.2. The molecule has 2 heteroatoms. The molecule has 0 amide bonds. The van der Waals surface area contributed by atoms with E-state index >= 15 is 0 Å². The molecule has 1 aliphatic rings. The van der Waals surface area contributed by atoms with Crippen LogP contribution in [0.5, 0.6) is 0 Å². The van der Waals surface area contributed by atoms with Gasteiger partial charge in [-0.05, 0) is 121 Å². The van der Waals surface area contributed by atoms with Crippen molar-refractivity contribution in [2.75, 3.05) is 0 Å². The standard InChI is InChI=1S/C53H36N2/c1-33-14-31-51-47(32-33)44-10-4-7-13-50(44)55(51)39-25-19-35(20-26-39)41-28-22-37-16-15-36-21-27-40(45-29-30-46(41)53(37)52(36)45)34-17-23-38(24-18-34)54-48-11-5-2-8-42(48)43-9-3-6-12-49(43)54/h2-31,33H,32H2,1H3. The molecule has 2 heterocycles. The Morgan fingerprint density at radius 1 is 0.418 bits per heavy atom. The lowest BCUT2D eigenvalue weighted by Crippen LogP contribution is -2.05. The fraction of sp³-hybridized carbons (Fsp3) is 0.0566. The van der Waals surface area contributed by atoms with E-state index in [4.69, 9.17) is 0 Å². The molecule has 55 heavy (non-hydrogen) atoms. The molecule has 2 nitrogen and oxygen atoms in total. The number of allylic oxidation sites excluding steroid dienone is 1. The largest absolute Gasteiger partial charge is 0.310 e. The number of benzene rings is 9. The average molecular weight is 701 g/mol. The first-order valence-electron chi connectivity index (χ1n) is 19.4. The smallest absolute Gasteiger partial charge is 0.0541 e. The summed E-state index contributed by atoms with van der Waals surface area (Å²) in [6.45, 7) is 2.31. The Kier molecular flexibility index (Phi) is 6.41. The van der Waals surface area contributed by atoms with Crippen LogP contribution < -0.4 is 0 Å². The second kappa shape index (κ2) is 11.5. The van der Waals surface area contributed by atoms with E-state index in [0.717, 1.165) is 6.42 Å². The minimum atomic E-state index is 0.553. The van der Waals surface area contributed by atoms with E-state index in [0.29, 0.717) is 5.92 Å². The Hall–Kier alpha value is -6.90. The summed E-state index contributed by atoms with van der Waals surface area (Å²) in [6.07, 6.45) is 5.76. The van der Waals surface area contributed by atoms with Crippen LogP contribution >= 0.6 is 0 Å². The summed E-state index contributed by atoms with van der Waals surface area (Å²) in [6, 6.07) is 63.1. The van der Waals surface area contributed by atoms with E-state index in [1.807, 2.05) is 0 Å². The van der Waals surface area contributed by atoms with Crippen LogP contribution in [0.3, 0.4) is 0 Å². The van der Waals surface area contributed by atoms with Gasteiger partial charge in [-0.1, -0.05) is 140 Å². The molecular weight excluding hydrogens is 665 g/mol. The Morgan fingerprint density at radius 2 is 0.873 bits per heavy atom. The van der Waals surface area contributed by atoms with Gasteiger partial charge in [-0.2, -0.15) is 0 Å². The lowest BCUT2D eigenvalue weighted by molar-refractivity contribution is 0.718. The van der Waals surface area contributed by atoms with Gasteiger partial charge in [-0.15, -0.1) is 0 Å². The van der Waals surface area contributed by atoms with Crippen LogP contribution in [0.25, 0.3) is 105 Å². The second-order valence-corrected chi connectivity index (χ2v) is 15.4. The van der Waals surface area contributed by atoms with Crippen LogP contribution in [0.2, 0.25) is 0 Å². The summed E-state index contributed by atoms with van der Waals surface area (Å²) in [5, 5.41) is 11.7. The maximum Gasteiger partial charge on any atom is 0.0541 e. The third-order valence-corrected chi connectivity index (χ3v) is 12.2. The maximum absolute atomic E-state index is 2.44. The Labute approximate surface area is 319 Å². The molecule has 11 aromatic rings. The second-order valence-electron chi connectivity index (χ2n) is 15.4. The van der Waals surface area contributed by atoms with Crippen LogP contribution in [0.1, 0.15) is 18.2 Å². The molecular formula is C53H36N2. The Bertz CT molecular complexity index is 3280. The molecule has 0 fully saturated rings. The highest BCUT2D eigenvalue weighted by Gasteiger charge is 2.21. The fourth-order valence-corrected chi connectivity index (χ4v) is 9.73. The number of rotatable bonds is 4. The van der Waals surface area contributed by atoms with E-state index in [1.54, 1.807) is 0 Å². The zero-order valence-corrected chi connectivity index (χ0v) is 30.5. The number of nitrogens with zero attached hydrogens (tertiary/aromatic N) is 2. The summed E-state index contributed by atoms with van der Waals surface area (Å²) in [5.74, 6) is 0.553. The van der Waals surface area contributed by atoms with Gasteiger partial charge >= 0.3 is 0 Å². The van der Waals surface area contributed by atoms with Gasteiger partial charge in [-0.25, -0.2) is 0 Å². The normalized spacial score (nSPS) is 14.3. The van der Waals surface area contributed by atoms with Gasteiger partial charge in [0.05, 0.1) is 16.6 Å². The summed E-state index contributed by atoms with van der Waals surface area (Å²) in [5.41, 5.74) is 13.9. The summed E-state index contributed by atoms with van der Waals surface area (Å²) in [4.78, 5) is 0. The number of hydrogen-bond acceptors (Lipinski definition) is 0. The topological polar surface area (TPSA) is 9.86 Å². The molecule has 1 atom stereocenters. The van der Waals surface area contributed by atoms with E-state index in [-0.39, 0.29) is 0 Å². The lowest BCUT2D eigenvalue weighted by Gasteiger charge is -2.18. The number of fused-ring (bicyclic) bond motifs is 6. The predicted molar refractivity (Wildman–Crippen MR) is 234 cm³/mol. The van der Waals surface area contributed by atoms with Crippen molar-refractivity contribution >= 4 is 71.1 Å². The zero-order chi connectivity index (χ0) is 36.2. The molecule has 0 saturated carbocycles. The fourth-order valence-electron chi connectivity index (χ4n) is 9.73. The van der Waals surface area contributed by atoms with Crippen LogP contribution in [0.15, 0.2) is 176 Å². The molecule has 1 unspecified atom stereocenters. The van der Waals surface area contributed by atoms with Crippen molar-refractivity contribution in [2.24, 2.45) is 5.92 Å². The minimum absolute atomic E-state index is 0.553. The van der Waals surface area contributed by atoms with Gasteiger partial charge in [-0.3, -0.25) is 0 Å². The van der Waals surface area contributed by atoms with Crippen LogP contribution in [-0.2, 0) is 6.42 Å². The Balaban J connectivity index is 0.964. The molecule has 9 aromatic carbocycles. The van der Waals surface area contributed by atoms with Crippen molar-refractivity contribution in [3.63, 3.8) is 0 Å². The SMILES string of the molecule is CC1C=Cc2c(c3ccccc3n2-c2ccc(-c3ccc4ccc5ccc(-c6ccc(-n7c8ccccc8c8ccccc87)cc6)c6ccc3c4c56)cc2)C1. The molecule has 0 bridgehead atoms. The van der Waals surface area contributed by atoms with Crippen molar-refractivity contribution in [3.8, 4) is 33.6 Å². The maximum atomic E-state index is 2.44. The highest BCUT2D eigenvalue weighted by molar-refractivity contribution is 6.27. The van der Waals surface area contributed by atoms with Crippen LogP contribution in [0, 0.1) is 5.92 Å². The third-order valence-electron chi connectivity index (χ3n) is 12.2. The molecule has 258 valence electrons. The molecule has 0 aliphatic heterocycles. The first kappa shape index (κ1) is 30.6. The van der Waals surface area contributed by atoms with E-state index in [2.05, 4.69) is 198 Å². The Morgan fingerprint density at radius 3 is 1.42 bits per heavy atom. The summed E-state index contributed by atoms with van der Waals surface area (Å²) >= 11 is 0. The molecule has 0 spiro atoms. The molecule has 2 aromatic heterocycles. The van der Waals surface area contributed by atoms with Crippen molar-refractivity contribution in [1.82, 2.24) is 9.13 Å². The molecule has 0 saturated heterocycles. The highest BCUT2D eigenvalue weighted by Crippen LogP contribution is 2.43. The van der Waals surface area contributed by atoms with E-state index in [9.17, 15) is 0 Å². The van der Waals surface area contributed by atoms with Crippen molar-refractivity contribution in [3.05, 3.63) is 187 Å². The first-order valence-corrected chi connectivity index (χ1v) is 19.4. The van der Waals surface area contributed by atoms with Crippen molar-refractivity contribution in [2.45, 2.75) is 13.3 Å². The van der Waals surface area contributed by atoms with Crippen molar-refractivity contribution < 1.29 is 0 Å². The van der Waals surface area contributed by atoms with Gasteiger partial charge < -0.3 is 9.13 Å². The molecule has 0 N–H and O–H groups in total. The number of aromatic nitrogens is 2. The molecule has 1 aliphatic carbocycles. The molecule has 0 radical (unpaired) electrons. The van der Waals surface area contributed by atoms with Gasteiger partial charge in [0.25, 0.3) is 0 Å². The van der Waals surface area contributed by atoms with Gasteiger partial charge in [0.1, 0.15) is 0 Å². The quantitative estimate of drug-likeness (QED) is 0.162. The first-order chi connectivity index (χ1) is 27.2. The van der Waals surface area contributed by atoms with Gasteiger partial charge in [0.2, 0.25) is 0 Å². The number of hydrogen-bond donors (Lipinski definition) is 0. The third kappa shape index (κ3) is 4.43.